The normalized spacial score (nSPS) is 14.7. The van der Waals surface area contributed by atoms with Gasteiger partial charge in [-0.2, -0.15) is 5.26 Å². The van der Waals surface area contributed by atoms with Crippen LogP contribution in [0.25, 0.3) is 0 Å². The number of esters is 1. The topological polar surface area (TPSA) is 104 Å². The first-order valence-electron chi connectivity index (χ1n) is 12.6. The van der Waals surface area contributed by atoms with Crippen LogP contribution in [0.3, 0.4) is 0 Å². The number of hydrogen-bond donors (Lipinski definition) is 1. The molecule has 38 heavy (non-hydrogen) atoms. The van der Waals surface area contributed by atoms with Gasteiger partial charge in [-0.1, -0.05) is 58.0 Å². The average Bonchev–Trinajstić information content (AvgIpc) is 2.89. The SMILES string of the molecule is CCCOc1cccc(C2C(C#N)=C(N)Oc3cc(OC(=O)COc4ccc(C(C)(C)C)cc4)ccc32)c1. The van der Waals surface area contributed by atoms with Crippen molar-refractivity contribution in [1.29, 1.82) is 5.26 Å². The third-order valence-electron chi connectivity index (χ3n) is 6.16. The Morgan fingerprint density at radius 1 is 1.00 bits per heavy atom. The number of nitrogens with zero attached hydrogens (tertiary/aromatic N) is 1. The summed E-state index contributed by atoms with van der Waals surface area (Å²) in [5, 5.41) is 9.83. The van der Waals surface area contributed by atoms with Gasteiger partial charge in [-0.05, 0) is 53.3 Å². The molecule has 0 radical (unpaired) electrons. The third-order valence-corrected chi connectivity index (χ3v) is 6.16. The van der Waals surface area contributed by atoms with E-state index in [0.717, 1.165) is 17.5 Å². The second-order valence-corrected chi connectivity index (χ2v) is 10.1. The molecule has 7 heteroatoms. The van der Waals surface area contributed by atoms with Crippen LogP contribution < -0.4 is 24.7 Å². The van der Waals surface area contributed by atoms with Crippen molar-refractivity contribution in [2.75, 3.05) is 13.2 Å². The Hall–Kier alpha value is -4.44. The van der Waals surface area contributed by atoms with Crippen LogP contribution in [0.15, 0.2) is 78.2 Å². The predicted octanol–water partition coefficient (Wildman–Crippen LogP) is 5.98. The molecule has 1 atom stereocenters. The van der Waals surface area contributed by atoms with Crippen molar-refractivity contribution in [3.05, 3.63) is 94.9 Å². The molecule has 196 valence electrons. The highest BCUT2D eigenvalue weighted by Crippen LogP contribution is 2.44. The first-order valence-corrected chi connectivity index (χ1v) is 12.6. The summed E-state index contributed by atoms with van der Waals surface area (Å²) in [5.41, 5.74) is 9.22. The first-order chi connectivity index (χ1) is 18.2. The number of allylic oxidation sites excluding steroid dienone is 1. The molecular formula is C31H32N2O5. The largest absolute Gasteiger partial charge is 0.494 e. The molecule has 0 bridgehead atoms. The van der Waals surface area contributed by atoms with Crippen molar-refractivity contribution in [2.45, 2.75) is 45.4 Å². The minimum Gasteiger partial charge on any atom is -0.494 e. The second-order valence-electron chi connectivity index (χ2n) is 10.1. The van der Waals surface area contributed by atoms with E-state index in [9.17, 15) is 10.1 Å². The highest BCUT2D eigenvalue weighted by Gasteiger charge is 2.31. The number of carbonyl (C=O) groups is 1. The van der Waals surface area contributed by atoms with E-state index in [2.05, 4.69) is 26.8 Å². The summed E-state index contributed by atoms with van der Waals surface area (Å²) < 4.78 is 22.6. The summed E-state index contributed by atoms with van der Waals surface area (Å²) in [6.07, 6.45) is 0.886. The minimum absolute atomic E-state index is 0.00962. The highest BCUT2D eigenvalue weighted by atomic mass is 16.6. The number of fused-ring (bicyclic) bond motifs is 1. The first kappa shape index (κ1) is 26.6. The number of nitriles is 1. The Balaban J connectivity index is 1.49. The van der Waals surface area contributed by atoms with Gasteiger partial charge in [-0.25, -0.2) is 4.79 Å². The fraction of sp³-hybridized carbons (Fsp3) is 0.290. The van der Waals surface area contributed by atoms with Crippen molar-refractivity contribution in [3.8, 4) is 29.1 Å². The molecule has 4 rings (SSSR count). The van der Waals surface area contributed by atoms with Gasteiger partial charge in [-0.3, -0.25) is 0 Å². The van der Waals surface area contributed by atoms with E-state index < -0.39 is 11.9 Å². The maximum Gasteiger partial charge on any atom is 0.349 e. The lowest BCUT2D eigenvalue weighted by atomic mass is 9.83. The van der Waals surface area contributed by atoms with E-state index >= 15 is 0 Å². The third kappa shape index (κ3) is 6.09. The molecule has 0 aromatic heterocycles. The van der Waals surface area contributed by atoms with Crippen LogP contribution in [-0.2, 0) is 10.2 Å². The van der Waals surface area contributed by atoms with E-state index in [1.54, 1.807) is 18.2 Å². The van der Waals surface area contributed by atoms with Crippen molar-refractivity contribution >= 4 is 5.97 Å². The van der Waals surface area contributed by atoms with Gasteiger partial charge in [-0.15, -0.1) is 0 Å². The van der Waals surface area contributed by atoms with Crippen LogP contribution in [0.5, 0.6) is 23.0 Å². The van der Waals surface area contributed by atoms with Gasteiger partial charge < -0.3 is 24.7 Å². The molecular weight excluding hydrogens is 480 g/mol. The molecule has 1 aliphatic rings. The van der Waals surface area contributed by atoms with Crippen molar-refractivity contribution in [1.82, 2.24) is 0 Å². The van der Waals surface area contributed by atoms with E-state index in [1.807, 2.05) is 55.5 Å². The van der Waals surface area contributed by atoms with Gasteiger partial charge in [0.1, 0.15) is 34.6 Å². The molecule has 0 saturated heterocycles. The Kier molecular flexibility index (Phi) is 7.92. The second kappa shape index (κ2) is 11.3. The lowest BCUT2D eigenvalue weighted by Gasteiger charge is -2.27. The summed E-state index contributed by atoms with van der Waals surface area (Å²) in [4.78, 5) is 12.5. The lowest BCUT2D eigenvalue weighted by Crippen LogP contribution is -2.21. The van der Waals surface area contributed by atoms with Crippen molar-refractivity contribution in [3.63, 3.8) is 0 Å². The Labute approximate surface area is 223 Å². The van der Waals surface area contributed by atoms with Gasteiger partial charge in [0.25, 0.3) is 0 Å². The van der Waals surface area contributed by atoms with Crippen LogP contribution in [0, 0.1) is 11.3 Å². The molecule has 0 saturated carbocycles. The smallest absolute Gasteiger partial charge is 0.349 e. The molecule has 0 amide bonds. The number of nitrogens with two attached hydrogens (primary N) is 1. The van der Waals surface area contributed by atoms with Gasteiger partial charge >= 0.3 is 5.97 Å². The van der Waals surface area contributed by atoms with Gasteiger partial charge in [0.15, 0.2) is 6.61 Å². The molecule has 1 heterocycles. The molecule has 1 unspecified atom stereocenters. The predicted molar refractivity (Wildman–Crippen MR) is 144 cm³/mol. The number of carbonyl (C=O) groups excluding carboxylic acids is 1. The molecule has 1 aliphatic heterocycles. The maximum atomic E-state index is 12.5. The van der Waals surface area contributed by atoms with Gasteiger partial charge in [0, 0.05) is 11.6 Å². The molecule has 0 aliphatic carbocycles. The molecule has 0 fully saturated rings. The van der Waals surface area contributed by atoms with Crippen molar-refractivity contribution in [2.24, 2.45) is 5.73 Å². The van der Waals surface area contributed by atoms with E-state index in [4.69, 9.17) is 24.7 Å². The average molecular weight is 513 g/mol. The quantitative estimate of drug-likeness (QED) is 0.293. The molecule has 2 N–H and O–H groups in total. The van der Waals surface area contributed by atoms with Crippen LogP contribution in [0.4, 0.5) is 0 Å². The number of benzene rings is 3. The molecule has 3 aromatic rings. The lowest BCUT2D eigenvalue weighted by molar-refractivity contribution is -0.136. The fourth-order valence-electron chi connectivity index (χ4n) is 4.20. The summed E-state index contributed by atoms with van der Waals surface area (Å²) >= 11 is 0. The molecule has 3 aromatic carbocycles. The standard InChI is InChI=1S/C31H32N2O5/c1-5-15-35-23-8-6-7-20(16-23)29-25-14-13-24(17-27(25)38-30(33)26(29)18-32)37-28(34)19-36-22-11-9-21(10-12-22)31(2,3)4/h6-14,16-17,29H,5,15,19,33H2,1-4H3. The highest BCUT2D eigenvalue weighted by molar-refractivity contribution is 5.74. The number of ether oxygens (including phenoxy) is 4. The van der Waals surface area contributed by atoms with E-state index in [0.29, 0.717) is 29.4 Å². The Morgan fingerprint density at radius 2 is 1.74 bits per heavy atom. The zero-order valence-corrected chi connectivity index (χ0v) is 22.1. The number of rotatable bonds is 8. The number of hydrogen-bond acceptors (Lipinski definition) is 7. The van der Waals surface area contributed by atoms with Crippen molar-refractivity contribution < 1.29 is 23.7 Å². The zero-order valence-electron chi connectivity index (χ0n) is 22.1. The van der Waals surface area contributed by atoms with E-state index in [-0.39, 0.29) is 23.7 Å². The molecule has 0 spiro atoms. The van der Waals surface area contributed by atoms with Gasteiger partial charge in [0.05, 0.1) is 12.5 Å². The summed E-state index contributed by atoms with van der Waals surface area (Å²) in [5.74, 6) is 1.00. The summed E-state index contributed by atoms with van der Waals surface area (Å²) in [6.45, 7) is 8.78. The Morgan fingerprint density at radius 3 is 2.42 bits per heavy atom. The van der Waals surface area contributed by atoms with Crippen LogP contribution in [0.1, 0.15) is 56.7 Å². The van der Waals surface area contributed by atoms with Gasteiger partial charge in [0.2, 0.25) is 5.88 Å². The zero-order chi connectivity index (χ0) is 27.3. The molecule has 7 nitrogen and oxygen atoms in total. The monoisotopic (exact) mass is 512 g/mol. The van der Waals surface area contributed by atoms with E-state index in [1.165, 1.54) is 5.56 Å². The van der Waals surface area contributed by atoms with Crippen LogP contribution >= 0.6 is 0 Å². The van der Waals surface area contributed by atoms with Crippen LogP contribution in [0.2, 0.25) is 0 Å². The fourth-order valence-corrected chi connectivity index (χ4v) is 4.20. The Bertz CT molecular complexity index is 1380. The summed E-state index contributed by atoms with van der Waals surface area (Å²) in [6, 6.07) is 22.4. The van der Waals surface area contributed by atoms with Crippen LogP contribution in [-0.4, -0.2) is 19.2 Å². The maximum absolute atomic E-state index is 12.5. The minimum atomic E-state index is -0.556. The summed E-state index contributed by atoms with van der Waals surface area (Å²) in [7, 11) is 0.